The highest BCUT2D eigenvalue weighted by Gasteiger charge is 2.18. The van der Waals surface area contributed by atoms with Crippen LogP contribution in [0.1, 0.15) is 19.6 Å². The molecule has 1 aromatic carbocycles. The third-order valence-electron chi connectivity index (χ3n) is 3.12. The van der Waals surface area contributed by atoms with Crippen molar-refractivity contribution in [1.29, 1.82) is 0 Å². The predicted octanol–water partition coefficient (Wildman–Crippen LogP) is 3.11. The van der Waals surface area contributed by atoms with E-state index in [1.807, 2.05) is 18.2 Å². The Kier molecular flexibility index (Phi) is 4.27. The maximum absolute atomic E-state index is 5.79. The van der Waals surface area contributed by atoms with E-state index in [0.717, 1.165) is 31.0 Å². The fourth-order valence-corrected chi connectivity index (χ4v) is 2.56. The monoisotopic (exact) mass is 260 g/mol. The third kappa shape index (κ3) is 4.08. The van der Waals surface area contributed by atoms with Crippen LogP contribution in [0, 0.1) is 5.41 Å². The number of fused-ring (bicyclic) bond motifs is 1. The molecular formula is C16H24N2O. The zero-order valence-corrected chi connectivity index (χ0v) is 12.4. The summed E-state index contributed by atoms with van der Waals surface area (Å²) in [6.07, 6.45) is 0. The summed E-state index contributed by atoms with van der Waals surface area (Å²) in [6, 6.07) is 10.2. The number of benzene rings is 1. The topological polar surface area (TPSA) is 28.4 Å². The second-order valence-electron chi connectivity index (χ2n) is 6.26. The maximum atomic E-state index is 5.79. The SMILES string of the molecule is CN(C)CC(C)(C)CNCc1cc2ccccc2o1. The molecule has 0 aliphatic rings. The van der Waals surface area contributed by atoms with Crippen molar-refractivity contribution in [1.82, 2.24) is 10.2 Å². The smallest absolute Gasteiger partial charge is 0.134 e. The molecule has 0 amide bonds. The van der Waals surface area contributed by atoms with Crippen LogP contribution >= 0.6 is 0 Å². The van der Waals surface area contributed by atoms with E-state index >= 15 is 0 Å². The standard InChI is InChI=1S/C16H24N2O/c1-16(2,12-18(3)4)11-17-10-14-9-13-7-5-6-8-15(13)19-14/h5-9,17H,10-12H2,1-4H3. The minimum absolute atomic E-state index is 0.259. The Bertz CT molecular complexity index is 495. The van der Waals surface area contributed by atoms with Gasteiger partial charge in [0, 0.05) is 18.5 Å². The van der Waals surface area contributed by atoms with Crippen molar-refractivity contribution in [2.45, 2.75) is 20.4 Å². The molecule has 1 N–H and O–H groups in total. The van der Waals surface area contributed by atoms with Gasteiger partial charge in [-0.2, -0.15) is 0 Å². The highest BCUT2D eigenvalue weighted by Crippen LogP contribution is 2.19. The van der Waals surface area contributed by atoms with Crippen LogP contribution in [0.5, 0.6) is 0 Å². The van der Waals surface area contributed by atoms with Gasteiger partial charge in [-0.1, -0.05) is 32.0 Å². The first-order valence-corrected chi connectivity index (χ1v) is 6.79. The molecule has 0 bridgehead atoms. The van der Waals surface area contributed by atoms with E-state index < -0.39 is 0 Å². The number of furan rings is 1. The largest absolute Gasteiger partial charge is 0.460 e. The zero-order chi connectivity index (χ0) is 13.9. The van der Waals surface area contributed by atoms with Crippen molar-refractivity contribution in [3.05, 3.63) is 36.1 Å². The Morgan fingerprint density at radius 2 is 1.95 bits per heavy atom. The first-order valence-electron chi connectivity index (χ1n) is 6.79. The molecule has 0 saturated heterocycles. The van der Waals surface area contributed by atoms with Crippen molar-refractivity contribution in [3.8, 4) is 0 Å². The maximum Gasteiger partial charge on any atom is 0.134 e. The summed E-state index contributed by atoms with van der Waals surface area (Å²) in [5, 5.41) is 4.66. The highest BCUT2D eigenvalue weighted by molar-refractivity contribution is 5.77. The summed E-state index contributed by atoms with van der Waals surface area (Å²) in [5.41, 5.74) is 1.22. The predicted molar refractivity (Wildman–Crippen MR) is 80.3 cm³/mol. The van der Waals surface area contributed by atoms with Crippen molar-refractivity contribution in [3.63, 3.8) is 0 Å². The van der Waals surface area contributed by atoms with Crippen LogP contribution in [0.2, 0.25) is 0 Å². The van der Waals surface area contributed by atoms with Crippen LogP contribution in [0.4, 0.5) is 0 Å². The Hall–Kier alpha value is -1.32. The van der Waals surface area contributed by atoms with Gasteiger partial charge in [-0.25, -0.2) is 0 Å². The van der Waals surface area contributed by atoms with Gasteiger partial charge < -0.3 is 14.6 Å². The van der Waals surface area contributed by atoms with Gasteiger partial charge in [0.15, 0.2) is 0 Å². The zero-order valence-electron chi connectivity index (χ0n) is 12.4. The molecule has 0 radical (unpaired) electrons. The molecular weight excluding hydrogens is 236 g/mol. The van der Waals surface area contributed by atoms with Gasteiger partial charge >= 0.3 is 0 Å². The summed E-state index contributed by atoms with van der Waals surface area (Å²) >= 11 is 0. The van der Waals surface area contributed by atoms with Gasteiger partial charge in [-0.05, 0) is 31.6 Å². The number of nitrogens with one attached hydrogen (secondary N) is 1. The lowest BCUT2D eigenvalue weighted by atomic mass is 9.93. The lowest BCUT2D eigenvalue weighted by Crippen LogP contribution is -2.37. The summed E-state index contributed by atoms with van der Waals surface area (Å²) < 4.78 is 5.79. The Labute approximate surface area is 115 Å². The summed E-state index contributed by atoms with van der Waals surface area (Å²) in [7, 11) is 4.22. The molecule has 2 aromatic rings. The lowest BCUT2D eigenvalue weighted by molar-refractivity contribution is 0.230. The molecule has 104 valence electrons. The molecule has 1 aromatic heterocycles. The Morgan fingerprint density at radius 3 is 2.63 bits per heavy atom. The minimum Gasteiger partial charge on any atom is -0.460 e. The summed E-state index contributed by atoms with van der Waals surface area (Å²) in [5.74, 6) is 1.00. The average Bonchev–Trinajstić information content (AvgIpc) is 2.69. The summed E-state index contributed by atoms with van der Waals surface area (Å²) in [4.78, 5) is 2.23. The van der Waals surface area contributed by atoms with Crippen molar-refractivity contribution >= 4 is 11.0 Å². The number of para-hydroxylation sites is 1. The molecule has 0 aliphatic heterocycles. The second kappa shape index (κ2) is 5.76. The molecule has 1 heterocycles. The quantitative estimate of drug-likeness (QED) is 0.865. The van der Waals surface area contributed by atoms with E-state index in [-0.39, 0.29) is 5.41 Å². The van der Waals surface area contributed by atoms with E-state index in [2.05, 4.69) is 50.3 Å². The fourth-order valence-electron chi connectivity index (χ4n) is 2.56. The molecule has 0 spiro atoms. The van der Waals surface area contributed by atoms with Crippen molar-refractivity contribution in [2.24, 2.45) is 5.41 Å². The van der Waals surface area contributed by atoms with E-state index in [9.17, 15) is 0 Å². The van der Waals surface area contributed by atoms with Crippen LogP contribution in [0.3, 0.4) is 0 Å². The van der Waals surface area contributed by atoms with Gasteiger partial charge in [0.25, 0.3) is 0 Å². The number of rotatable bonds is 6. The number of nitrogens with zero attached hydrogens (tertiary/aromatic N) is 1. The number of hydrogen-bond acceptors (Lipinski definition) is 3. The molecule has 0 fully saturated rings. The van der Waals surface area contributed by atoms with E-state index in [4.69, 9.17) is 4.42 Å². The van der Waals surface area contributed by atoms with Gasteiger partial charge in [-0.3, -0.25) is 0 Å². The number of hydrogen-bond donors (Lipinski definition) is 1. The molecule has 19 heavy (non-hydrogen) atoms. The molecule has 2 rings (SSSR count). The molecule has 3 heteroatoms. The molecule has 0 atom stereocenters. The normalized spacial score (nSPS) is 12.5. The Morgan fingerprint density at radius 1 is 1.21 bits per heavy atom. The fraction of sp³-hybridized carbons (Fsp3) is 0.500. The first kappa shape index (κ1) is 14.1. The van der Waals surface area contributed by atoms with E-state index in [0.29, 0.717) is 0 Å². The van der Waals surface area contributed by atoms with Gasteiger partial charge in [0.1, 0.15) is 11.3 Å². The highest BCUT2D eigenvalue weighted by atomic mass is 16.3. The van der Waals surface area contributed by atoms with Crippen LogP contribution in [-0.4, -0.2) is 32.1 Å². The average molecular weight is 260 g/mol. The lowest BCUT2D eigenvalue weighted by Gasteiger charge is -2.28. The van der Waals surface area contributed by atoms with Gasteiger partial charge in [0.2, 0.25) is 0 Å². The summed E-state index contributed by atoms with van der Waals surface area (Å²) in [6.45, 7) is 7.38. The Balaban J connectivity index is 1.88. The van der Waals surface area contributed by atoms with Gasteiger partial charge in [-0.15, -0.1) is 0 Å². The van der Waals surface area contributed by atoms with Crippen LogP contribution in [-0.2, 0) is 6.54 Å². The van der Waals surface area contributed by atoms with E-state index in [1.165, 1.54) is 5.39 Å². The van der Waals surface area contributed by atoms with Crippen LogP contribution < -0.4 is 5.32 Å². The van der Waals surface area contributed by atoms with Crippen molar-refractivity contribution in [2.75, 3.05) is 27.2 Å². The molecule has 0 unspecified atom stereocenters. The first-order chi connectivity index (χ1) is 8.96. The second-order valence-corrected chi connectivity index (χ2v) is 6.26. The van der Waals surface area contributed by atoms with Crippen molar-refractivity contribution < 1.29 is 4.42 Å². The van der Waals surface area contributed by atoms with E-state index in [1.54, 1.807) is 0 Å². The van der Waals surface area contributed by atoms with Crippen LogP contribution in [0.15, 0.2) is 34.7 Å². The molecule has 0 aliphatic carbocycles. The van der Waals surface area contributed by atoms with Crippen LogP contribution in [0.25, 0.3) is 11.0 Å². The third-order valence-corrected chi connectivity index (χ3v) is 3.12. The molecule has 0 saturated carbocycles. The van der Waals surface area contributed by atoms with Gasteiger partial charge in [0.05, 0.1) is 6.54 Å². The minimum atomic E-state index is 0.259. The molecule has 3 nitrogen and oxygen atoms in total.